The molecule has 0 fully saturated rings. The van der Waals surface area contributed by atoms with Crippen LogP contribution in [0.25, 0.3) is 0 Å². The van der Waals surface area contributed by atoms with Gasteiger partial charge in [-0.25, -0.2) is 4.39 Å². The van der Waals surface area contributed by atoms with E-state index in [2.05, 4.69) is 24.4 Å². The van der Waals surface area contributed by atoms with Crippen LogP contribution in [0.1, 0.15) is 18.1 Å². The summed E-state index contributed by atoms with van der Waals surface area (Å²) in [6.45, 7) is 3.90. The van der Waals surface area contributed by atoms with Gasteiger partial charge in [0.1, 0.15) is 5.82 Å². The number of thioether (sulfide) groups is 1. The Balaban J connectivity index is 1.99. The summed E-state index contributed by atoms with van der Waals surface area (Å²) < 4.78 is 13.7. The van der Waals surface area contributed by atoms with Crippen molar-refractivity contribution in [3.8, 4) is 0 Å². The Morgan fingerprint density at radius 1 is 1.20 bits per heavy atom. The Morgan fingerprint density at radius 3 is 2.80 bits per heavy atom. The number of hydrogen-bond donors (Lipinski definition) is 1. The molecule has 0 radical (unpaired) electrons. The molecule has 0 saturated carbocycles. The second-order valence-electron chi connectivity index (χ2n) is 4.45. The van der Waals surface area contributed by atoms with Gasteiger partial charge in [-0.1, -0.05) is 36.7 Å². The SMILES string of the molecule is CCNCc1cccc(SCc2ccc(Cl)cc2F)c1. The van der Waals surface area contributed by atoms with Crippen molar-refractivity contribution in [2.75, 3.05) is 6.54 Å². The standard InChI is InChI=1S/C16H17ClFNS/c1-2-19-10-12-4-3-5-15(8-12)20-11-13-6-7-14(17)9-16(13)18/h3-9,19H,2,10-11H2,1H3. The van der Waals surface area contributed by atoms with E-state index in [1.165, 1.54) is 11.6 Å². The van der Waals surface area contributed by atoms with Gasteiger partial charge in [-0.2, -0.15) is 0 Å². The molecule has 1 nitrogen and oxygen atoms in total. The fourth-order valence-corrected chi connectivity index (χ4v) is 2.94. The number of hydrogen-bond acceptors (Lipinski definition) is 2. The van der Waals surface area contributed by atoms with Crippen LogP contribution in [0.5, 0.6) is 0 Å². The largest absolute Gasteiger partial charge is 0.313 e. The van der Waals surface area contributed by atoms with Gasteiger partial charge in [0.05, 0.1) is 0 Å². The zero-order valence-electron chi connectivity index (χ0n) is 11.3. The first-order valence-corrected chi connectivity index (χ1v) is 7.92. The first-order valence-electron chi connectivity index (χ1n) is 6.55. The quantitative estimate of drug-likeness (QED) is 0.763. The molecule has 2 aromatic carbocycles. The van der Waals surface area contributed by atoms with Gasteiger partial charge in [-0.05, 0) is 41.9 Å². The molecule has 1 N–H and O–H groups in total. The van der Waals surface area contributed by atoms with Crippen LogP contribution in [0.3, 0.4) is 0 Å². The van der Waals surface area contributed by atoms with E-state index in [4.69, 9.17) is 11.6 Å². The van der Waals surface area contributed by atoms with Crippen molar-refractivity contribution in [1.82, 2.24) is 5.32 Å². The molecule has 0 aromatic heterocycles. The van der Waals surface area contributed by atoms with Gasteiger partial charge in [0, 0.05) is 22.2 Å². The summed E-state index contributed by atoms with van der Waals surface area (Å²) in [5.74, 6) is 0.363. The molecule has 2 aromatic rings. The van der Waals surface area contributed by atoms with Gasteiger partial charge in [0.15, 0.2) is 0 Å². The fraction of sp³-hybridized carbons (Fsp3) is 0.250. The van der Waals surface area contributed by atoms with E-state index in [9.17, 15) is 4.39 Å². The summed E-state index contributed by atoms with van der Waals surface area (Å²) in [5.41, 5.74) is 1.92. The first kappa shape index (κ1) is 15.4. The zero-order chi connectivity index (χ0) is 14.4. The van der Waals surface area contributed by atoms with E-state index in [0.717, 1.165) is 18.0 Å². The number of nitrogens with one attached hydrogen (secondary N) is 1. The Labute approximate surface area is 128 Å². The van der Waals surface area contributed by atoms with E-state index >= 15 is 0 Å². The summed E-state index contributed by atoms with van der Waals surface area (Å²) in [4.78, 5) is 1.15. The highest BCUT2D eigenvalue weighted by atomic mass is 35.5. The van der Waals surface area contributed by atoms with Gasteiger partial charge in [0.2, 0.25) is 0 Å². The third kappa shape index (κ3) is 4.51. The molecule has 0 unspecified atom stereocenters. The molecule has 2 rings (SSSR count). The van der Waals surface area contributed by atoms with Crippen molar-refractivity contribution < 1.29 is 4.39 Å². The molecule has 0 heterocycles. The minimum Gasteiger partial charge on any atom is -0.313 e. The van der Waals surface area contributed by atoms with Crippen LogP contribution in [-0.4, -0.2) is 6.54 Å². The van der Waals surface area contributed by atoms with E-state index in [1.807, 2.05) is 12.1 Å². The molecule has 0 bridgehead atoms. The average Bonchev–Trinajstić information content (AvgIpc) is 2.45. The summed E-state index contributed by atoms with van der Waals surface area (Å²) in [7, 11) is 0. The number of benzene rings is 2. The zero-order valence-corrected chi connectivity index (χ0v) is 12.9. The fourth-order valence-electron chi connectivity index (χ4n) is 1.81. The molecule has 106 valence electrons. The topological polar surface area (TPSA) is 12.0 Å². The number of halogens is 2. The minimum atomic E-state index is -0.242. The van der Waals surface area contributed by atoms with E-state index < -0.39 is 0 Å². The lowest BCUT2D eigenvalue weighted by Crippen LogP contribution is -2.11. The Bertz CT molecular complexity index is 574. The third-order valence-electron chi connectivity index (χ3n) is 2.89. The Kier molecular flexibility index (Phi) is 5.89. The average molecular weight is 310 g/mol. The molecule has 20 heavy (non-hydrogen) atoms. The number of rotatable bonds is 6. The highest BCUT2D eigenvalue weighted by Crippen LogP contribution is 2.26. The maximum absolute atomic E-state index is 13.7. The van der Waals surface area contributed by atoms with Gasteiger partial charge in [0.25, 0.3) is 0 Å². The lowest BCUT2D eigenvalue weighted by molar-refractivity contribution is 0.617. The minimum absolute atomic E-state index is 0.242. The highest BCUT2D eigenvalue weighted by molar-refractivity contribution is 7.98. The third-order valence-corrected chi connectivity index (χ3v) is 4.16. The van der Waals surface area contributed by atoms with Crippen molar-refractivity contribution in [2.45, 2.75) is 24.1 Å². The lowest BCUT2D eigenvalue weighted by atomic mass is 10.2. The van der Waals surface area contributed by atoms with Gasteiger partial charge < -0.3 is 5.32 Å². The van der Waals surface area contributed by atoms with Crippen LogP contribution in [0.2, 0.25) is 5.02 Å². The molecule has 0 aliphatic heterocycles. The van der Waals surface area contributed by atoms with E-state index in [1.54, 1.807) is 23.9 Å². The summed E-state index contributed by atoms with van der Waals surface area (Å²) in [5, 5.41) is 3.73. The van der Waals surface area contributed by atoms with Crippen molar-refractivity contribution >= 4 is 23.4 Å². The molecule has 0 atom stereocenters. The van der Waals surface area contributed by atoms with Gasteiger partial charge in [-0.3, -0.25) is 0 Å². The lowest BCUT2D eigenvalue weighted by Gasteiger charge is -2.07. The second-order valence-corrected chi connectivity index (χ2v) is 5.94. The molecular formula is C16H17ClFNS. The maximum atomic E-state index is 13.7. The molecule has 0 spiro atoms. The van der Waals surface area contributed by atoms with Crippen LogP contribution < -0.4 is 5.32 Å². The smallest absolute Gasteiger partial charge is 0.128 e. The first-order chi connectivity index (χ1) is 9.69. The maximum Gasteiger partial charge on any atom is 0.128 e. The van der Waals surface area contributed by atoms with Crippen molar-refractivity contribution in [3.63, 3.8) is 0 Å². The molecule has 0 aliphatic carbocycles. The summed E-state index contributed by atoms with van der Waals surface area (Å²) in [6, 6.07) is 13.1. The predicted octanol–water partition coefficient (Wildman–Crippen LogP) is 4.88. The second kappa shape index (κ2) is 7.67. The summed E-state index contributed by atoms with van der Waals surface area (Å²) >= 11 is 7.38. The van der Waals surface area contributed by atoms with Crippen molar-refractivity contribution in [1.29, 1.82) is 0 Å². The normalized spacial score (nSPS) is 10.8. The highest BCUT2D eigenvalue weighted by Gasteiger charge is 2.04. The molecule has 0 aliphatic rings. The van der Waals surface area contributed by atoms with Gasteiger partial charge in [-0.15, -0.1) is 11.8 Å². The summed E-state index contributed by atoms with van der Waals surface area (Å²) in [6.07, 6.45) is 0. The molecule has 0 saturated heterocycles. The van der Waals surface area contributed by atoms with E-state index in [0.29, 0.717) is 16.3 Å². The monoisotopic (exact) mass is 309 g/mol. The molecular weight excluding hydrogens is 293 g/mol. The van der Waals surface area contributed by atoms with Crippen LogP contribution in [0.4, 0.5) is 4.39 Å². The van der Waals surface area contributed by atoms with Crippen LogP contribution >= 0.6 is 23.4 Å². The van der Waals surface area contributed by atoms with Crippen LogP contribution in [-0.2, 0) is 12.3 Å². The van der Waals surface area contributed by atoms with Crippen LogP contribution in [0.15, 0.2) is 47.4 Å². The van der Waals surface area contributed by atoms with Gasteiger partial charge >= 0.3 is 0 Å². The van der Waals surface area contributed by atoms with Crippen LogP contribution in [0, 0.1) is 5.82 Å². The van der Waals surface area contributed by atoms with Crippen molar-refractivity contribution in [2.24, 2.45) is 0 Å². The Hall–Kier alpha value is -1.03. The van der Waals surface area contributed by atoms with Crippen molar-refractivity contribution in [3.05, 3.63) is 64.4 Å². The Morgan fingerprint density at radius 2 is 2.05 bits per heavy atom. The van der Waals surface area contributed by atoms with E-state index in [-0.39, 0.29) is 5.82 Å². The predicted molar refractivity (Wildman–Crippen MR) is 84.8 cm³/mol. The molecule has 0 amide bonds. The molecule has 4 heteroatoms.